The first-order chi connectivity index (χ1) is 19.5. The monoisotopic (exact) mass is 558 g/mol. The van der Waals surface area contributed by atoms with Gasteiger partial charge in [0.2, 0.25) is 11.8 Å². The fourth-order valence-electron chi connectivity index (χ4n) is 7.97. The second-order valence-electron chi connectivity index (χ2n) is 14.0. The van der Waals surface area contributed by atoms with Crippen molar-refractivity contribution >= 4 is 11.8 Å². The highest BCUT2D eigenvalue weighted by Crippen LogP contribution is 2.29. The van der Waals surface area contributed by atoms with E-state index in [4.69, 9.17) is 0 Å². The van der Waals surface area contributed by atoms with E-state index in [0.29, 0.717) is 24.7 Å². The van der Waals surface area contributed by atoms with E-state index >= 15 is 0 Å². The number of rotatable bonds is 13. The van der Waals surface area contributed by atoms with E-state index in [1.807, 2.05) is 0 Å². The van der Waals surface area contributed by atoms with Gasteiger partial charge < -0.3 is 19.6 Å². The Morgan fingerprint density at radius 1 is 0.550 bits per heavy atom. The summed E-state index contributed by atoms with van der Waals surface area (Å²) in [6, 6.07) is 0. The van der Waals surface area contributed by atoms with Gasteiger partial charge in [-0.2, -0.15) is 0 Å². The lowest BCUT2D eigenvalue weighted by Crippen LogP contribution is -2.41. The molecule has 6 nitrogen and oxygen atoms in total. The Kier molecular flexibility index (Phi) is 13.6. The van der Waals surface area contributed by atoms with Gasteiger partial charge in [-0.1, -0.05) is 45.4 Å². The number of nitrogens with zero attached hydrogens (tertiary/aromatic N) is 4. The van der Waals surface area contributed by atoms with Crippen LogP contribution in [0.15, 0.2) is 0 Å². The van der Waals surface area contributed by atoms with Gasteiger partial charge >= 0.3 is 0 Å². The molecule has 0 aromatic heterocycles. The molecule has 4 rings (SSSR count). The van der Waals surface area contributed by atoms with Gasteiger partial charge in [-0.3, -0.25) is 9.59 Å². The van der Waals surface area contributed by atoms with Gasteiger partial charge in [0.05, 0.1) is 0 Å². The Morgan fingerprint density at radius 2 is 0.925 bits per heavy atom. The molecule has 0 aromatic carbocycles. The molecule has 40 heavy (non-hydrogen) atoms. The van der Waals surface area contributed by atoms with Gasteiger partial charge in [0.15, 0.2) is 0 Å². The second-order valence-corrected chi connectivity index (χ2v) is 14.0. The largest absolute Gasteiger partial charge is 0.343 e. The van der Waals surface area contributed by atoms with E-state index in [1.54, 1.807) is 0 Å². The molecule has 0 aliphatic carbocycles. The predicted molar refractivity (Wildman–Crippen MR) is 165 cm³/mol. The Balaban J connectivity index is 0.990. The van der Waals surface area contributed by atoms with Crippen LogP contribution < -0.4 is 0 Å². The van der Waals surface area contributed by atoms with Gasteiger partial charge in [0.25, 0.3) is 0 Å². The molecule has 4 aliphatic heterocycles. The fourth-order valence-corrected chi connectivity index (χ4v) is 7.97. The first kappa shape index (κ1) is 31.8. The molecule has 4 fully saturated rings. The Morgan fingerprint density at radius 3 is 1.35 bits per heavy atom. The maximum atomic E-state index is 12.9. The maximum Gasteiger partial charge on any atom is 0.223 e. The van der Waals surface area contributed by atoms with E-state index in [1.165, 1.54) is 116 Å². The zero-order chi connectivity index (χ0) is 28.2. The molecule has 0 unspecified atom stereocenters. The zero-order valence-electron chi connectivity index (χ0n) is 26.3. The molecule has 4 saturated heterocycles. The smallest absolute Gasteiger partial charge is 0.223 e. The van der Waals surface area contributed by atoms with Crippen molar-refractivity contribution in [2.45, 2.75) is 116 Å². The van der Waals surface area contributed by atoms with Crippen LogP contribution in [0.25, 0.3) is 0 Å². The number of amides is 2. The van der Waals surface area contributed by atoms with Crippen LogP contribution in [0, 0.1) is 23.7 Å². The maximum absolute atomic E-state index is 12.9. The van der Waals surface area contributed by atoms with Gasteiger partial charge in [0, 0.05) is 45.6 Å². The Labute approximate surface area is 246 Å². The Bertz CT molecular complexity index is 728. The minimum Gasteiger partial charge on any atom is -0.343 e. The van der Waals surface area contributed by atoms with Crippen molar-refractivity contribution in [3.05, 3.63) is 0 Å². The normalized spacial score (nSPS) is 23.6. The van der Waals surface area contributed by atoms with Crippen LogP contribution in [0.5, 0.6) is 0 Å². The Hall–Kier alpha value is -1.14. The minimum atomic E-state index is 0.357. The molecule has 0 aromatic rings. The summed E-state index contributed by atoms with van der Waals surface area (Å²) < 4.78 is 0. The van der Waals surface area contributed by atoms with Crippen LogP contribution in [0.4, 0.5) is 0 Å². The van der Waals surface area contributed by atoms with Crippen molar-refractivity contribution in [1.82, 2.24) is 19.6 Å². The number of hydrogen-bond acceptors (Lipinski definition) is 4. The molecule has 0 spiro atoms. The van der Waals surface area contributed by atoms with Crippen molar-refractivity contribution in [3.63, 3.8) is 0 Å². The molecular weight excluding hydrogens is 496 g/mol. The summed E-state index contributed by atoms with van der Waals surface area (Å²) in [6.07, 6.45) is 20.9. The zero-order valence-corrected chi connectivity index (χ0v) is 26.3. The summed E-state index contributed by atoms with van der Waals surface area (Å²) in [4.78, 5) is 34.3. The molecule has 2 amide bonds. The van der Waals surface area contributed by atoms with Crippen LogP contribution >= 0.6 is 0 Å². The third-order valence-electron chi connectivity index (χ3n) is 11.0. The standard InChI is InChI=1S/C34H62N4O2/c1-3-6-33(39)37-25-15-31(16-26-37)9-5-10-32-17-27-38(28-18-32)34(40)19-24-36-22-13-30(14-23-36)8-4-7-29-11-20-35(2)21-12-29/h29-32H,3-28H2,1-2H3. The molecule has 0 bridgehead atoms. The molecule has 4 aliphatic rings. The number of hydrogen-bond donors (Lipinski definition) is 0. The molecule has 0 N–H and O–H groups in total. The van der Waals surface area contributed by atoms with Crippen molar-refractivity contribution in [2.24, 2.45) is 23.7 Å². The van der Waals surface area contributed by atoms with Crippen LogP contribution in [0.1, 0.15) is 116 Å². The quantitative estimate of drug-likeness (QED) is 0.276. The van der Waals surface area contributed by atoms with Gasteiger partial charge in [-0.15, -0.1) is 0 Å². The highest BCUT2D eigenvalue weighted by Gasteiger charge is 2.26. The fraction of sp³-hybridized carbons (Fsp3) is 0.941. The summed E-state index contributed by atoms with van der Waals surface area (Å²) in [5, 5.41) is 0. The second kappa shape index (κ2) is 17.1. The first-order valence-corrected chi connectivity index (χ1v) is 17.5. The van der Waals surface area contributed by atoms with Crippen LogP contribution in [-0.4, -0.2) is 97.4 Å². The average molecular weight is 559 g/mol. The first-order valence-electron chi connectivity index (χ1n) is 17.5. The van der Waals surface area contributed by atoms with Crippen molar-refractivity contribution in [1.29, 1.82) is 0 Å². The lowest BCUT2D eigenvalue weighted by molar-refractivity contribution is -0.133. The predicted octanol–water partition coefficient (Wildman–Crippen LogP) is 6.05. The third kappa shape index (κ3) is 10.6. The highest BCUT2D eigenvalue weighted by molar-refractivity contribution is 5.76. The number of carbonyl (C=O) groups excluding carboxylic acids is 2. The summed E-state index contributed by atoms with van der Waals surface area (Å²) in [6.45, 7) is 11.9. The number of piperidine rings is 4. The molecule has 6 heteroatoms. The molecule has 0 saturated carbocycles. The summed E-state index contributed by atoms with van der Waals surface area (Å²) in [5.41, 5.74) is 0. The number of carbonyl (C=O) groups is 2. The van der Waals surface area contributed by atoms with E-state index in [0.717, 1.165) is 62.8 Å². The molecule has 230 valence electrons. The van der Waals surface area contributed by atoms with E-state index in [-0.39, 0.29) is 0 Å². The summed E-state index contributed by atoms with van der Waals surface area (Å²) >= 11 is 0. The van der Waals surface area contributed by atoms with Crippen LogP contribution in [0.3, 0.4) is 0 Å². The lowest BCUT2D eigenvalue weighted by atomic mass is 9.86. The minimum absolute atomic E-state index is 0.357. The van der Waals surface area contributed by atoms with Crippen molar-refractivity contribution in [3.8, 4) is 0 Å². The third-order valence-corrected chi connectivity index (χ3v) is 11.0. The van der Waals surface area contributed by atoms with Gasteiger partial charge in [-0.05, 0) is 115 Å². The lowest BCUT2D eigenvalue weighted by Gasteiger charge is -2.35. The van der Waals surface area contributed by atoms with Crippen molar-refractivity contribution in [2.75, 3.05) is 66.0 Å². The SMILES string of the molecule is CCCC(=O)N1CCC(CCCC2CCN(C(=O)CCN3CCC(CCCC4CCN(C)CC4)CC3)CC2)CC1. The summed E-state index contributed by atoms with van der Waals surface area (Å²) in [5.74, 6) is 4.25. The van der Waals surface area contributed by atoms with Gasteiger partial charge in [0.1, 0.15) is 0 Å². The van der Waals surface area contributed by atoms with E-state index < -0.39 is 0 Å². The van der Waals surface area contributed by atoms with E-state index in [2.05, 4.69) is 33.6 Å². The van der Waals surface area contributed by atoms with E-state index in [9.17, 15) is 9.59 Å². The number of likely N-dealkylation sites (tertiary alicyclic amines) is 4. The molecule has 4 heterocycles. The van der Waals surface area contributed by atoms with Crippen molar-refractivity contribution < 1.29 is 9.59 Å². The molecule has 0 atom stereocenters. The topological polar surface area (TPSA) is 47.1 Å². The highest BCUT2D eigenvalue weighted by atomic mass is 16.2. The van der Waals surface area contributed by atoms with Crippen LogP contribution in [-0.2, 0) is 9.59 Å². The molecular formula is C34H62N4O2. The van der Waals surface area contributed by atoms with Crippen LogP contribution in [0.2, 0.25) is 0 Å². The molecule has 0 radical (unpaired) electrons. The van der Waals surface area contributed by atoms with Gasteiger partial charge in [-0.25, -0.2) is 0 Å². The summed E-state index contributed by atoms with van der Waals surface area (Å²) in [7, 11) is 2.26. The average Bonchev–Trinajstić information content (AvgIpc) is 2.98.